The Hall–Kier alpha value is -2.63. The molecule has 0 heterocycles. The highest BCUT2D eigenvalue weighted by atomic mass is 79.9. The Balaban J connectivity index is 1.83. The molecule has 0 saturated heterocycles. The number of hydrogen-bond acceptors (Lipinski definition) is 2. The fraction of sp³-hybridized carbons (Fsp3) is 0. The quantitative estimate of drug-likeness (QED) is 0.566. The molecule has 6 heteroatoms. The maximum atomic E-state index is 12.7. The molecule has 2 N–H and O–H groups in total. The molecule has 0 bridgehead atoms. The summed E-state index contributed by atoms with van der Waals surface area (Å²) in [6.07, 6.45) is 0. The van der Waals surface area contributed by atoms with Gasteiger partial charge in [0.05, 0.1) is 16.8 Å². The summed E-state index contributed by atoms with van der Waals surface area (Å²) in [4.78, 5) is 25.3. The summed E-state index contributed by atoms with van der Waals surface area (Å²) >= 11 is 9.24. The highest BCUT2D eigenvalue weighted by Crippen LogP contribution is 2.23. The van der Waals surface area contributed by atoms with Crippen molar-refractivity contribution in [3.8, 4) is 0 Å². The summed E-state index contributed by atoms with van der Waals surface area (Å²) in [7, 11) is 0. The molecule has 0 fully saturated rings. The minimum absolute atomic E-state index is 0.284. The SMILES string of the molecule is O=C(Nc1ccc(Cl)cc1)c1ccccc1C(=O)Nc1ccccc1Br. The number of halogens is 2. The van der Waals surface area contributed by atoms with Gasteiger partial charge in [0.1, 0.15) is 0 Å². The second-order valence-corrected chi connectivity index (χ2v) is 6.73. The molecule has 0 aliphatic carbocycles. The van der Waals surface area contributed by atoms with Gasteiger partial charge in [-0.3, -0.25) is 9.59 Å². The molecule has 0 aliphatic rings. The number of nitrogens with one attached hydrogen (secondary N) is 2. The number of hydrogen-bond donors (Lipinski definition) is 2. The zero-order chi connectivity index (χ0) is 18.5. The molecular weight excluding hydrogens is 416 g/mol. The van der Waals surface area contributed by atoms with Gasteiger partial charge < -0.3 is 10.6 Å². The monoisotopic (exact) mass is 428 g/mol. The number of anilines is 2. The van der Waals surface area contributed by atoms with E-state index >= 15 is 0 Å². The highest BCUT2D eigenvalue weighted by Gasteiger charge is 2.17. The average Bonchev–Trinajstić information content (AvgIpc) is 2.65. The van der Waals surface area contributed by atoms with Crippen LogP contribution in [-0.4, -0.2) is 11.8 Å². The van der Waals surface area contributed by atoms with E-state index in [9.17, 15) is 9.59 Å². The maximum Gasteiger partial charge on any atom is 0.256 e. The lowest BCUT2D eigenvalue weighted by atomic mass is 10.1. The van der Waals surface area contributed by atoms with Crippen LogP contribution in [0.5, 0.6) is 0 Å². The Morgan fingerprint density at radius 1 is 0.731 bits per heavy atom. The van der Waals surface area contributed by atoms with E-state index in [1.165, 1.54) is 0 Å². The molecule has 130 valence electrons. The van der Waals surface area contributed by atoms with Crippen LogP contribution in [0.3, 0.4) is 0 Å². The molecule has 0 saturated carbocycles. The van der Waals surface area contributed by atoms with Gasteiger partial charge in [0.2, 0.25) is 0 Å². The van der Waals surface area contributed by atoms with Crippen molar-refractivity contribution in [3.05, 3.63) is 93.4 Å². The van der Waals surface area contributed by atoms with E-state index in [-0.39, 0.29) is 22.9 Å². The molecular formula is C20H14BrClN2O2. The molecule has 2 amide bonds. The van der Waals surface area contributed by atoms with Gasteiger partial charge in [-0.25, -0.2) is 0 Å². The Morgan fingerprint density at radius 2 is 1.27 bits per heavy atom. The van der Waals surface area contributed by atoms with Crippen LogP contribution in [0.1, 0.15) is 20.7 Å². The normalized spacial score (nSPS) is 10.2. The van der Waals surface area contributed by atoms with Crippen molar-refractivity contribution in [2.24, 2.45) is 0 Å². The number of carbonyl (C=O) groups excluding carboxylic acids is 2. The van der Waals surface area contributed by atoms with Crippen molar-refractivity contribution in [2.45, 2.75) is 0 Å². The van der Waals surface area contributed by atoms with Crippen molar-refractivity contribution in [1.82, 2.24) is 0 Å². The van der Waals surface area contributed by atoms with Gasteiger partial charge in [0, 0.05) is 15.2 Å². The van der Waals surface area contributed by atoms with Crippen LogP contribution in [0, 0.1) is 0 Å². The van der Waals surface area contributed by atoms with E-state index in [0.717, 1.165) is 4.47 Å². The summed E-state index contributed by atoms with van der Waals surface area (Å²) in [6.45, 7) is 0. The molecule has 3 aromatic rings. The van der Waals surface area contributed by atoms with Gasteiger partial charge in [-0.05, 0) is 64.5 Å². The third kappa shape index (κ3) is 4.31. The minimum Gasteiger partial charge on any atom is -0.322 e. The average molecular weight is 430 g/mol. The fourth-order valence-corrected chi connectivity index (χ4v) is 2.87. The lowest BCUT2D eigenvalue weighted by molar-refractivity contribution is 0.0990. The first kappa shape index (κ1) is 18.2. The van der Waals surface area contributed by atoms with Gasteiger partial charge in [-0.1, -0.05) is 35.9 Å². The highest BCUT2D eigenvalue weighted by molar-refractivity contribution is 9.10. The predicted octanol–water partition coefficient (Wildman–Crippen LogP) is 5.61. The number of carbonyl (C=O) groups is 2. The number of amides is 2. The third-order valence-electron chi connectivity index (χ3n) is 3.64. The molecule has 0 aromatic heterocycles. The Labute approximate surface area is 164 Å². The molecule has 26 heavy (non-hydrogen) atoms. The van der Waals surface area contributed by atoms with Gasteiger partial charge in [0.15, 0.2) is 0 Å². The summed E-state index contributed by atoms with van der Waals surface area (Å²) < 4.78 is 0.761. The molecule has 0 atom stereocenters. The smallest absolute Gasteiger partial charge is 0.256 e. The summed E-state index contributed by atoms with van der Waals surface area (Å²) in [5, 5.41) is 6.16. The Kier molecular flexibility index (Phi) is 5.71. The van der Waals surface area contributed by atoms with E-state index in [4.69, 9.17) is 11.6 Å². The minimum atomic E-state index is -0.370. The second-order valence-electron chi connectivity index (χ2n) is 5.44. The number of para-hydroxylation sites is 1. The van der Waals surface area contributed by atoms with Crippen LogP contribution in [0.4, 0.5) is 11.4 Å². The fourth-order valence-electron chi connectivity index (χ4n) is 2.36. The summed E-state index contributed by atoms with van der Waals surface area (Å²) in [5.41, 5.74) is 1.80. The molecule has 3 rings (SSSR count). The van der Waals surface area contributed by atoms with Crippen LogP contribution in [0.25, 0.3) is 0 Å². The Bertz CT molecular complexity index is 958. The van der Waals surface area contributed by atoms with Crippen molar-refractivity contribution in [3.63, 3.8) is 0 Å². The van der Waals surface area contributed by atoms with Gasteiger partial charge in [0.25, 0.3) is 11.8 Å². The van der Waals surface area contributed by atoms with Gasteiger partial charge >= 0.3 is 0 Å². The maximum absolute atomic E-state index is 12.7. The molecule has 4 nitrogen and oxygen atoms in total. The van der Waals surface area contributed by atoms with E-state index in [0.29, 0.717) is 16.4 Å². The van der Waals surface area contributed by atoms with Crippen molar-refractivity contribution >= 4 is 50.7 Å². The number of rotatable bonds is 4. The zero-order valence-corrected chi connectivity index (χ0v) is 15.8. The van der Waals surface area contributed by atoms with Gasteiger partial charge in [-0.2, -0.15) is 0 Å². The van der Waals surface area contributed by atoms with Crippen LogP contribution in [-0.2, 0) is 0 Å². The second kappa shape index (κ2) is 8.17. The standard InChI is InChI=1S/C20H14BrClN2O2/c21-17-7-3-4-8-18(17)24-20(26)16-6-2-1-5-15(16)19(25)23-14-11-9-13(22)10-12-14/h1-12H,(H,23,25)(H,24,26). The van der Waals surface area contributed by atoms with Gasteiger partial charge in [-0.15, -0.1) is 0 Å². The van der Waals surface area contributed by atoms with E-state index in [1.54, 1.807) is 54.6 Å². The molecule has 0 radical (unpaired) electrons. The first-order valence-electron chi connectivity index (χ1n) is 7.76. The summed E-state index contributed by atoms with van der Waals surface area (Å²) in [5.74, 6) is -0.732. The van der Waals surface area contributed by atoms with Crippen LogP contribution < -0.4 is 10.6 Å². The Morgan fingerprint density at radius 3 is 1.88 bits per heavy atom. The topological polar surface area (TPSA) is 58.2 Å². The van der Waals surface area contributed by atoms with E-state index in [1.807, 2.05) is 18.2 Å². The van der Waals surface area contributed by atoms with E-state index in [2.05, 4.69) is 26.6 Å². The van der Waals surface area contributed by atoms with Crippen molar-refractivity contribution in [2.75, 3.05) is 10.6 Å². The predicted molar refractivity (Wildman–Crippen MR) is 108 cm³/mol. The third-order valence-corrected chi connectivity index (χ3v) is 4.58. The van der Waals surface area contributed by atoms with Crippen molar-refractivity contribution in [1.29, 1.82) is 0 Å². The first-order valence-corrected chi connectivity index (χ1v) is 8.93. The van der Waals surface area contributed by atoms with Crippen molar-refractivity contribution < 1.29 is 9.59 Å². The number of benzene rings is 3. The van der Waals surface area contributed by atoms with Crippen LogP contribution in [0.15, 0.2) is 77.3 Å². The lowest BCUT2D eigenvalue weighted by Crippen LogP contribution is -2.20. The van der Waals surface area contributed by atoms with E-state index < -0.39 is 0 Å². The largest absolute Gasteiger partial charge is 0.322 e. The first-order chi connectivity index (χ1) is 12.5. The molecule has 0 unspecified atom stereocenters. The molecule has 0 aliphatic heterocycles. The van der Waals surface area contributed by atoms with Crippen LogP contribution in [0.2, 0.25) is 5.02 Å². The van der Waals surface area contributed by atoms with Crippen LogP contribution >= 0.6 is 27.5 Å². The lowest BCUT2D eigenvalue weighted by Gasteiger charge is -2.11. The molecule has 0 spiro atoms. The zero-order valence-electron chi connectivity index (χ0n) is 13.5. The molecule has 3 aromatic carbocycles. The summed E-state index contributed by atoms with van der Waals surface area (Å²) in [6, 6.07) is 20.7.